The van der Waals surface area contributed by atoms with Gasteiger partial charge in [0.15, 0.2) is 11.5 Å². The lowest BCUT2D eigenvalue weighted by Crippen LogP contribution is -2.30. The molecule has 0 saturated carbocycles. The van der Waals surface area contributed by atoms with Crippen LogP contribution < -0.4 is 19.7 Å². The third-order valence-corrected chi connectivity index (χ3v) is 5.53. The van der Waals surface area contributed by atoms with Gasteiger partial charge in [-0.3, -0.25) is 4.79 Å². The van der Waals surface area contributed by atoms with Gasteiger partial charge in [0, 0.05) is 10.6 Å². The summed E-state index contributed by atoms with van der Waals surface area (Å²) >= 11 is 6.02. The van der Waals surface area contributed by atoms with Gasteiger partial charge in [-0.15, -0.1) is 6.58 Å². The number of nitrogens with zero attached hydrogens (tertiary/aromatic N) is 1. The summed E-state index contributed by atoms with van der Waals surface area (Å²) in [5, 5.41) is 3.02. The lowest BCUT2D eigenvalue weighted by atomic mass is 10.0. The number of carbonyl (C=O) groups excluding carboxylic acids is 2. The molecule has 178 valence electrons. The van der Waals surface area contributed by atoms with Crippen molar-refractivity contribution in [3.63, 3.8) is 0 Å². The van der Waals surface area contributed by atoms with Crippen LogP contribution in [0.4, 0.5) is 14.9 Å². The highest BCUT2D eigenvalue weighted by atomic mass is 35.5. The largest absolute Gasteiger partial charge is 0.493 e. The highest BCUT2D eigenvalue weighted by Crippen LogP contribution is 2.35. The van der Waals surface area contributed by atoms with E-state index >= 15 is 0 Å². The average molecular weight is 493 g/mol. The fourth-order valence-electron chi connectivity index (χ4n) is 3.68. The van der Waals surface area contributed by atoms with Crippen molar-refractivity contribution in [3.8, 4) is 11.5 Å². The van der Waals surface area contributed by atoms with Crippen molar-refractivity contribution < 1.29 is 23.5 Å². The minimum Gasteiger partial charge on any atom is -0.493 e. The number of anilines is 1. The second-order valence-corrected chi connectivity index (χ2v) is 8.16. The van der Waals surface area contributed by atoms with Crippen LogP contribution in [0.1, 0.15) is 16.7 Å². The maximum atomic E-state index is 13.2. The summed E-state index contributed by atoms with van der Waals surface area (Å²) in [7, 11) is 1.51. The molecule has 1 aliphatic rings. The second kappa shape index (κ2) is 10.4. The Hall–Kier alpha value is -4.10. The van der Waals surface area contributed by atoms with Crippen molar-refractivity contribution in [2.45, 2.75) is 13.0 Å². The van der Waals surface area contributed by atoms with Crippen molar-refractivity contribution in [2.75, 3.05) is 12.0 Å². The van der Waals surface area contributed by atoms with Crippen LogP contribution in [0.5, 0.6) is 11.5 Å². The van der Waals surface area contributed by atoms with Gasteiger partial charge >= 0.3 is 6.03 Å². The van der Waals surface area contributed by atoms with E-state index in [2.05, 4.69) is 11.9 Å². The van der Waals surface area contributed by atoms with E-state index in [4.69, 9.17) is 21.1 Å². The van der Waals surface area contributed by atoms with E-state index in [0.29, 0.717) is 34.2 Å². The molecule has 0 bridgehead atoms. The minimum atomic E-state index is -0.568. The molecule has 1 saturated heterocycles. The minimum absolute atomic E-state index is 0.113. The molecule has 35 heavy (non-hydrogen) atoms. The van der Waals surface area contributed by atoms with Crippen molar-refractivity contribution >= 4 is 35.3 Å². The molecule has 0 spiro atoms. The summed E-state index contributed by atoms with van der Waals surface area (Å²) in [6.45, 7) is 4.02. The van der Waals surface area contributed by atoms with Gasteiger partial charge in [-0.25, -0.2) is 14.1 Å². The lowest BCUT2D eigenvalue weighted by Gasteiger charge is -2.16. The summed E-state index contributed by atoms with van der Waals surface area (Å²) in [6.07, 6.45) is 3.77. The number of hydrogen-bond donors (Lipinski definition) is 1. The molecule has 4 rings (SSSR count). The van der Waals surface area contributed by atoms with E-state index in [1.54, 1.807) is 54.6 Å². The zero-order valence-corrected chi connectivity index (χ0v) is 19.6. The molecule has 1 fully saturated rings. The van der Waals surface area contributed by atoms with Gasteiger partial charge in [-0.1, -0.05) is 35.9 Å². The normalized spacial score (nSPS) is 14.3. The number of amides is 3. The van der Waals surface area contributed by atoms with Gasteiger partial charge < -0.3 is 14.8 Å². The topological polar surface area (TPSA) is 67.9 Å². The molecule has 1 N–H and O–H groups in total. The molecule has 1 heterocycles. The molecule has 0 radical (unpaired) electrons. The highest BCUT2D eigenvalue weighted by Gasteiger charge is 2.35. The van der Waals surface area contributed by atoms with E-state index in [1.165, 1.54) is 19.2 Å². The Morgan fingerprint density at radius 3 is 2.57 bits per heavy atom. The third-order valence-electron chi connectivity index (χ3n) is 5.29. The van der Waals surface area contributed by atoms with Crippen molar-refractivity contribution in [2.24, 2.45) is 0 Å². The third kappa shape index (κ3) is 5.36. The van der Waals surface area contributed by atoms with E-state index < -0.39 is 11.9 Å². The first-order chi connectivity index (χ1) is 16.9. The van der Waals surface area contributed by atoms with E-state index in [0.717, 1.165) is 16.0 Å². The first-order valence-corrected chi connectivity index (χ1v) is 11.1. The molecule has 6 nitrogen and oxygen atoms in total. The number of urea groups is 1. The molecule has 0 aromatic heterocycles. The quantitative estimate of drug-likeness (QED) is 0.242. The summed E-state index contributed by atoms with van der Waals surface area (Å²) in [4.78, 5) is 26.5. The number of hydrogen-bond acceptors (Lipinski definition) is 4. The monoisotopic (exact) mass is 492 g/mol. The standard InChI is InChI=1S/C27H22ClFN2O4/c1-3-5-19-12-18(14-24(34-2)25(19)35-16-17-8-10-21(29)11-9-17)13-23-26(32)31(27(33)30-23)22-7-4-6-20(28)15-22/h3-4,6-15H,1,5,16H2,2H3,(H,30,33)/b23-13+. The van der Waals surface area contributed by atoms with Crippen LogP contribution in [0.2, 0.25) is 5.02 Å². The molecule has 1 aliphatic heterocycles. The average Bonchev–Trinajstić information content (AvgIpc) is 3.11. The van der Waals surface area contributed by atoms with Crippen molar-refractivity contribution in [1.29, 1.82) is 0 Å². The number of benzene rings is 3. The van der Waals surface area contributed by atoms with Crippen LogP contribution >= 0.6 is 11.6 Å². The maximum Gasteiger partial charge on any atom is 0.333 e. The van der Waals surface area contributed by atoms with Gasteiger partial charge in [0.25, 0.3) is 5.91 Å². The number of imide groups is 1. The fraction of sp³-hybridized carbons (Fsp3) is 0.111. The van der Waals surface area contributed by atoms with Gasteiger partial charge in [0.2, 0.25) is 0 Å². The molecule has 0 atom stereocenters. The Labute approximate surface area is 207 Å². The predicted molar refractivity (Wildman–Crippen MR) is 133 cm³/mol. The number of methoxy groups -OCH3 is 1. The Kier molecular flexibility index (Phi) is 7.17. The maximum absolute atomic E-state index is 13.2. The summed E-state index contributed by atoms with van der Waals surface area (Å²) in [6, 6.07) is 15.5. The number of rotatable bonds is 8. The van der Waals surface area contributed by atoms with Crippen LogP contribution in [0.15, 0.2) is 79.0 Å². The van der Waals surface area contributed by atoms with Gasteiger partial charge in [0.05, 0.1) is 12.8 Å². The predicted octanol–water partition coefficient (Wildman–Crippen LogP) is 5.89. The Morgan fingerprint density at radius 2 is 1.89 bits per heavy atom. The molecule has 0 unspecified atom stereocenters. The second-order valence-electron chi connectivity index (χ2n) is 7.73. The van der Waals surface area contributed by atoms with Crippen molar-refractivity contribution in [1.82, 2.24) is 5.32 Å². The first kappa shape index (κ1) is 24.0. The fourth-order valence-corrected chi connectivity index (χ4v) is 3.86. The molecular formula is C27H22ClFN2O4. The summed E-state index contributed by atoms with van der Waals surface area (Å²) in [5.41, 5.74) is 2.69. The Bertz CT molecular complexity index is 1320. The summed E-state index contributed by atoms with van der Waals surface area (Å²) < 4.78 is 24.8. The molecule has 3 aromatic rings. The van der Waals surface area contributed by atoms with Gasteiger partial charge in [-0.2, -0.15) is 0 Å². The molecular weight excluding hydrogens is 471 g/mol. The zero-order valence-electron chi connectivity index (χ0n) is 18.9. The summed E-state index contributed by atoms with van der Waals surface area (Å²) in [5.74, 6) is 0.139. The Morgan fingerprint density at radius 1 is 1.11 bits per heavy atom. The number of ether oxygens (including phenoxy) is 2. The van der Waals surface area contributed by atoms with Crippen LogP contribution in [-0.2, 0) is 17.8 Å². The van der Waals surface area contributed by atoms with Gasteiger partial charge in [0.1, 0.15) is 18.1 Å². The number of allylic oxidation sites excluding steroid dienone is 1. The van der Waals surface area contributed by atoms with Crippen LogP contribution in [-0.4, -0.2) is 19.0 Å². The van der Waals surface area contributed by atoms with Crippen LogP contribution in [0.3, 0.4) is 0 Å². The van der Waals surface area contributed by atoms with Crippen LogP contribution in [0, 0.1) is 5.82 Å². The molecule has 8 heteroatoms. The smallest absolute Gasteiger partial charge is 0.333 e. The van der Waals surface area contributed by atoms with E-state index in [1.807, 2.05) is 6.07 Å². The zero-order chi connectivity index (χ0) is 24.9. The number of halogens is 2. The highest BCUT2D eigenvalue weighted by molar-refractivity contribution is 6.32. The number of nitrogens with one attached hydrogen (secondary N) is 1. The van der Waals surface area contributed by atoms with E-state index in [9.17, 15) is 14.0 Å². The molecule has 3 amide bonds. The Balaban J connectivity index is 1.64. The lowest BCUT2D eigenvalue weighted by molar-refractivity contribution is -0.113. The van der Waals surface area contributed by atoms with Crippen LogP contribution in [0.25, 0.3) is 6.08 Å². The first-order valence-electron chi connectivity index (χ1n) is 10.7. The van der Waals surface area contributed by atoms with Crippen molar-refractivity contribution in [3.05, 3.63) is 107 Å². The molecule has 0 aliphatic carbocycles. The SMILES string of the molecule is C=CCc1cc(/C=C2/NC(=O)N(c3cccc(Cl)c3)C2=O)cc(OC)c1OCc1ccc(F)cc1. The van der Waals surface area contributed by atoms with Gasteiger partial charge in [-0.05, 0) is 66.1 Å². The molecule has 3 aromatic carbocycles. The van der Waals surface area contributed by atoms with E-state index in [-0.39, 0.29) is 18.1 Å². The number of carbonyl (C=O) groups is 2.